The first kappa shape index (κ1) is 33.0. The molecule has 0 heterocycles. The van der Waals surface area contributed by atoms with Crippen LogP contribution in [0.4, 0.5) is 0 Å². The second kappa shape index (κ2) is 17.4. The number of hydrogen-bond donors (Lipinski definition) is 2. The number of unbranched alkanes of at least 4 members (excludes halogenated alkanes) is 2. The van der Waals surface area contributed by atoms with Gasteiger partial charge in [-0.2, -0.15) is 0 Å². The van der Waals surface area contributed by atoms with Gasteiger partial charge in [-0.3, -0.25) is 0 Å². The van der Waals surface area contributed by atoms with Gasteiger partial charge in [-0.25, -0.2) is 9.59 Å². The van der Waals surface area contributed by atoms with E-state index >= 15 is 0 Å². The third kappa shape index (κ3) is 10.4. The highest BCUT2D eigenvalue weighted by molar-refractivity contribution is 5.88. The van der Waals surface area contributed by atoms with E-state index in [0.29, 0.717) is 0 Å². The van der Waals surface area contributed by atoms with E-state index in [4.69, 9.17) is 24.4 Å². The van der Waals surface area contributed by atoms with Crippen LogP contribution in [-0.2, 0) is 30.2 Å². The first-order valence-corrected chi connectivity index (χ1v) is 14.8. The lowest BCUT2D eigenvalue weighted by Gasteiger charge is -2.25. The summed E-state index contributed by atoms with van der Waals surface area (Å²) in [4.78, 5) is 23.8. The average Bonchev–Trinajstić information content (AvgIpc) is 3.04. The van der Waals surface area contributed by atoms with Gasteiger partial charge >= 0.3 is 11.9 Å². The van der Waals surface area contributed by atoms with Gasteiger partial charge in [0.05, 0.1) is 56.2 Å². The second-order valence-electron chi connectivity index (χ2n) is 10.8. The second-order valence-corrected chi connectivity index (χ2v) is 10.8. The molecule has 226 valence electrons. The molecule has 2 aromatic carbocycles. The maximum atomic E-state index is 11.9. The summed E-state index contributed by atoms with van der Waals surface area (Å²) < 4.78 is 16.5. The highest BCUT2D eigenvalue weighted by atomic mass is 16.6. The Bertz CT molecular complexity index is 1180. The van der Waals surface area contributed by atoms with Crippen molar-refractivity contribution >= 4 is 17.5 Å². The number of aliphatic hydroxyl groups is 2. The van der Waals surface area contributed by atoms with Crippen molar-refractivity contribution in [2.45, 2.75) is 58.0 Å². The highest BCUT2D eigenvalue weighted by Gasteiger charge is 2.21. The van der Waals surface area contributed by atoms with Gasteiger partial charge in [0.2, 0.25) is 0 Å². The minimum Gasteiger partial charge on any atom is -0.462 e. The molecule has 42 heavy (non-hydrogen) atoms. The molecule has 1 aliphatic rings. The van der Waals surface area contributed by atoms with Gasteiger partial charge in [0, 0.05) is 0 Å². The zero-order valence-corrected chi connectivity index (χ0v) is 24.7. The number of hydrogen-bond acceptors (Lipinski definition) is 7. The molecule has 0 saturated heterocycles. The molecule has 7 nitrogen and oxygen atoms in total. The van der Waals surface area contributed by atoms with Crippen LogP contribution in [0, 0.1) is 5.92 Å². The van der Waals surface area contributed by atoms with Crippen LogP contribution in [0.2, 0.25) is 0 Å². The quantitative estimate of drug-likeness (QED) is 0.139. The number of carbonyl (C=O) groups excluding carboxylic acids is 2. The Labute approximate surface area is 249 Å². The van der Waals surface area contributed by atoms with Crippen LogP contribution in [0.15, 0.2) is 78.9 Å². The van der Waals surface area contributed by atoms with Gasteiger partial charge in [0.1, 0.15) is 0 Å². The normalized spacial score (nSPS) is 14.8. The maximum Gasteiger partial charge on any atom is 0.335 e. The van der Waals surface area contributed by atoms with E-state index < -0.39 is 31.1 Å². The highest BCUT2D eigenvalue weighted by Crippen LogP contribution is 2.30. The van der Waals surface area contributed by atoms with Crippen molar-refractivity contribution in [3.05, 3.63) is 90.0 Å². The Balaban J connectivity index is 1.52. The van der Waals surface area contributed by atoms with Gasteiger partial charge in [0.15, 0.2) is 0 Å². The number of ether oxygens (including phenoxy) is 3. The number of benzene rings is 2. The van der Waals surface area contributed by atoms with E-state index in [9.17, 15) is 9.59 Å². The summed E-state index contributed by atoms with van der Waals surface area (Å²) in [6.07, 6.45) is 9.52. The summed E-state index contributed by atoms with van der Waals surface area (Å²) >= 11 is 0. The molecule has 3 rings (SSSR count). The molecule has 7 heteroatoms. The monoisotopic (exact) mass is 576 g/mol. The Kier molecular flexibility index (Phi) is 13.7. The van der Waals surface area contributed by atoms with E-state index in [1.54, 1.807) is 0 Å². The molecule has 0 amide bonds. The van der Waals surface area contributed by atoms with Crippen molar-refractivity contribution < 1.29 is 34.0 Å². The van der Waals surface area contributed by atoms with Gasteiger partial charge in [0.25, 0.3) is 0 Å². The van der Waals surface area contributed by atoms with Crippen molar-refractivity contribution in [3.8, 4) is 11.1 Å². The van der Waals surface area contributed by atoms with Crippen molar-refractivity contribution in [1.29, 1.82) is 0 Å². The van der Waals surface area contributed by atoms with E-state index in [1.807, 2.05) is 0 Å². The zero-order valence-electron chi connectivity index (χ0n) is 24.7. The molecule has 0 radical (unpaired) electrons. The standard InChI is InChI=1S/C35H44O7/c1-4-5-6-7-27-8-10-29(11-9-27)30-12-14-31(15-13-30)32-16-18-33(19-17-32)40-22-28(23-41-34(38)25(2)20-36)24-42-35(39)26(3)21-37/h8-16,28,33,36-37H,2-7,17-24H2,1H3. The summed E-state index contributed by atoms with van der Waals surface area (Å²) in [5.74, 6) is -1.87. The first-order chi connectivity index (χ1) is 20.3. The topological polar surface area (TPSA) is 102 Å². The number of esters is 2. The van der Waals surface area contributed by atoms with Crippen molar-refractivity contribution in [3.63, 3.8) is 0 Å². The van der Waals surface area contributed by atoms with Crippen LogP contribution in [0.3, 0.4) is 0 Å². The fraction of sp³-hybridized carbons (Fsp3) is 0.429. The average molecular weight is 577 g/mol. The van der Waals surface area contributed by atoms with E-state index in [2.05, 4.69) is 74.7 Å². The summed E-state index contributed by atoms with van der Waals surface area (Å²) in [6, 6.07) is 17.6. The minimum atomic E-state index is -0.718. The molecule has 0 aliphatic heterocycles. The first-order valence-electron chi connectivity index (χ1n) is 14.8. The molecule has 1 atom stereocenters. The Morgan fingerprint density at radius 3 is 1.88 bits per heavy atom. The van der Waals surface area contributed by atoms with Crippen LogP contribution in [0.1, 0.15) is 56.6 Å². The Morgan fingerprint density at radius 1 is 0.833 bits per heavy atom. The molecular weight excluding hydrogens is 532 g/mol. The summed E-state index contributed by atoms with van der Waals surface area (Å²) in [5, 5.41) is 18.2. The van der Waals surface area contributed by atoms with Crippen LogP contribution >= 0.6 is 0 Å². The van der Waals surface area contributed by atoms with E-state index in [-0.39, 0.29) is 37.1 Å². The minimum absolute atomic E-state index is 0.0161. The zero-order chi connectivity index (χ0) is 30.3. The van der Waals surface area contributed by atoms with Crippen molar-refractivity contribution in [1.82, 2.24) is 0 Å². The number of aryl methyl sites for hydroxylation is 1. The Hall–Kier alpha value is -3.52. The molecule has 0 aromatic heterocycles. The summed E-state index contributed by atoms with van der Waals surface area (Å²) in [7, 11) is 0. The molecule has 1 unspecified atom stereocenters. The number of carbonyl (C=O) groups is 2. The third-order valence-corrected chi connectivity index (χ3v) is 7.40. The van der Waals surface area contributed by atoms with Gasteiger partial charge in [-0.15, -0.1) is 0 Å². The van der Waals surface area contributed by atoms with Gasteiger partial charge in [-0.05, 0) is 59.9 Å². The third-order valence-electron chi connectivity index (χ3n) is 7.40. The molecule has 1 aliphatic carbocycles. The lowest BCUT2D eigenvalue weighted by molar-refractivity contribution is -0.146. The molecular formula is C35H44O7. The van der Waals surface area contributed by atoms with Crippen molar-refractivity contribution in [2.75, 3.05) is 33.0 Å². The van der Waals surface area contributed by atoms with Gasteiger partial charge < -0.3 is 24.4 Å². The smallest absolute Gasteiger partial charge is 0.335 e. The van der Waals surface area contributed by atoms with Crippen LogP contribution in [-0.4, -0.2) is 61.3 Å². The molecule has 2 N–H and O–H groups in total. The fourth-order valence-electron chi connectivity index (χ4n) is 4.68. The number of rotatable bonds is 17. The van der Waals surface area contributed by atoms with E-state index in [1.165, 1.54) is 47.1 Å². The fourth-order valence-corrected chi connectivity index (χ4v) is 4.68. The summed E-state index contributed by atoms with van der Waals surface area (Å²) in [5.41, 5.74) is 6.19. The van der Waals surface area contributed by atoms with Crippen LogP contribution in [0.5, 0.6) is 0 Å². The molecule has 0 saturated carbocycles. The Morgan fingerprint density at radius 2 is 1.38 bits per heavy atom. The molecule has 0 fully saturated rings. The largest absolute Gasteiger partial charge is 0.462 e. The molecule has 0 spiro atoms. The van der Waals surface area contributed by atoms with Crippen LogP contribution in [0.25, 0.3) is 16.7 Å². The SMILES string of the molecule is C=C(CO)C(=O)OCC(COC(=O)C(=C)CO)COC1CC=C(c2ccc(-c3ccc(CCCCC)cc3)cc2)CC1. The maximum absolute atomic E-state index is 11.9. The molecule has 0 bridgehead atoms. The number of allylic oxidation sites excluding steroid dienone is 1. The summed E-state index contributed by atoms with van der Waals surface area (Å²) in [6.45, 7) is 8.20. The van der Waals surface area contributed by atoms with Gasteiger partial charge in [-0.1, -0.05) is 87.5 Å². The lowest BCUT2D eigenvalue weighted by atomic mass is 9.91. The number of aliphatic hydroxyl groups excluding tert-OH is 2. The predicted molar refractivity (Wildman–Crippen MR) is 165 cm³/mol. The predicted octanol–water partition coefficient (Wildman–Crippen LogP) is 5.84. The van der Waals surface area contributed by atoms with Crippen molar-refractivity contribution in [2.24, 2.45) is 5.92 Å². The van der Waals surface area contributed by atoms with Crippen LogP contribution < -0.4 is 0 Å². The molecule has 2 aromatic rings. The lowest BCUT2D eigenvalue weighted by Crippen LogP contribution is -2.29. The van der Waals surface area contributed by atoms with E-state index in [0.717, 1.165) is 25.7 Å².